The van der Waals surface area contributed by atoms with Crippen molar-refractivity contribution in [1.82, 2.24) is 9.88 Å². The summed E-state index contributed by atoms with van der Waals surface area (Å²) in [5, 5.41) is 2.91. The Morgan fingerprint density at radius 2 is 2.07 bits per heavy atom. The minimum atomic E-state index is -0.0611. The fourth-order valence-electron chi connectivity index (χ4n) is 3.55. The third kappa shape index (κ3) is 6.34. The number of likely N-dealkylation sites (tertiary alicyclic amines) is 1. The lowest BCUT2D eigenvalue weighted by molar-refractivity contribution is 0.185. The zero-order valence-corrected chi connectivity index (χ0v) is 17.4. The molecule has 1 N–H and O–H groups in total. The van der Waals surface area contributed by atoms with Crippen molar-refractivity contribution in [2.45, 2.75) is 52.1 Å². The van der Waals surface area contributed by atoms with E-state index in [1.54, 1.807) is 12.4 Å². The van der Waals surface area contributed by atoms with Crippen molar-refractivity contribution in [2.75, 3.05) is 18.4 Å². The Bertz CT molecular complexity index is 810. The number of hydrogen-bond donors (Lipinski definition) is 1. The molecule has 2 heterocycles. The molecule has 5 heteroatoms. The fraction of sp³-hybridized carbons (Fsp3) is 0.417. The van der Waals surface area contributed by atoms with Crippen LogP contribution in [0.25, 0.3) is 6.08 Å². The number of anilines is 1. The minimum absolute atomic E-state index is 0.0611. The maximum Gasteiger partial charge on any atom is 0.321 e. The number of carbonyl (C=O) groups excluding carboxylic acids is 1. The van der Waals surface area contributed by atoms with E-state index < -0.39 is 0 Å². The Morgan fingerprint density at radius 1 is 1.24 bits per heavy atom. The predicted molar refractivity (Wildman–Crippen MR) is 118 cm³/mol. The molecule has 1 saturated heterocycles. The van der Waals surface area contributed by atoms with Crippen LogP contribution in [-0.4, -0.2) is 35.1 Å². The SMILES string of the molecule is CCCC(CC)Oc1cccc(C=C2CCN(C(=O)Nc3cccnc3)CC2)c1. The van der Waals surface area contributed by atoms with Crippen LogP contribution in [-0.2, 0) is 0 Å². The number of amides is 2. The standard InChI is InChI=1S/C24H31N3O2/c1-3-7-22(4-2)29-23-10-5-8-20(17-23)16-19-11-14-27(15-12-19)24(28)26-21-9-6-13-25-18-21/h5-6,8-10,13,16-18,22H,3-4,7,11-12,14-15H2,1-2H3,(H,26,28). The van der Waals surface area contributed by atoms with E-state index >= 15 is 0 Å². The summed E-state index contributed by atoms with van der Waals surface area (Å²) in [7, 11) is 0. The van der Waals surface area contributed by atoms with Gasteiger partial charge in [0.15, 0.2) is 0 Å². The summed E-state index contributed by atoms with van der Waals surface area (Å²) in [4.78, 5) is 18.3. The molecule has 1 aromatic carbocycles. The molecule has 2 aromatic rings. The summed E-state index contributed by atoms with van der Waals surface area (Å²) in [5.74, 6) is 0.938. The molecule has 154 valence electrons. The van der Waals surface area contributed by atoms with Gasteiger partial charge in [0.1, 0.15) is 5.75 Å². The molecule has 1 fully saturated rings. The first-order chi connectivity index (χ1) is 14.2. The lowest BCUT2D eigenvalue weighted by Crippen LogP contribution is -2.39. The van der Waals surface area contributed by atoms with Crippen LogP contribution in [0, 0.1) is 0 Å². The highest BCUT2D eigenvalue weighted by Crippen LogP contribution is 2.23. The van der Waals surface area contributed by atoms with E-state index in [-0.39, 0.29) is 12.1 Å². The largest absolute Gasteiger partial charge is 0.490 e. The van der Waals surface area contributed by atoms with E-state index in [0.29, 0.717) is 0 Å². The Balaban J connectivity index is 1.55. The van der Waals surface area contributed by atoms with Crippen molar-refractivity contribution in [3.63, 3.8) is 0 Å². The van der Waals surface area contributed by atoms with E-state index in [1.807, 2.05) is 23.1 Å². The van der Waals surface area contributed by atoms with Crippen molar-refractivity contribution >= 4 is 17.8 Å². The summed E-state index contributed by atoms with van der Waals surface area (Å²) < 4.78 is 6.14. The number of aromatic nitrogens is 1. The van der Waals surface area contributed by atoms with Crippen molar-refractivity contribution in [3.05, 3.63) is 59.9 Å². The zero-order chi connectivity index (χ0) is 20.5. The summed E-state index contributed by atoms with van der Waals surface area (Å²) in [6.45, 7) is 5.81. The molecule has 3 rings (SSSR count). The monoisotopic (exact) mass is 393 g/mol. The van der Waals surface area contributed by atoms with E-state index in [0.717, 1.165) is 62.2 Å². The molecule has 0 aliphatic carbocycles. The molecule has 2 amide bonds. The van der Waals surface area contributed by atoms with E-state index in [9.17, 15) is 4.79 Å². The molecule has 0 saturated carbocycles. The highest BCUT2D eigenvalue weighted by atomic mass is 16.5. The number of benzene rings is 1. The normalized spacial score (nSPS) is 15.0. The molecule has 1 unspecified atom stereocenters. The van der Waals surface area contributed by atoms with Gasteiger partial charge in [0, 0.05) is 19.3 Å². The van der Waals surface area contributed by atoms with Gasteiger partial charge in [-0.2, -0.15) is 0 Å². The Morgan fingerprint density at radius 3 is 2.76 bits per heavy atom. The molecule has 1 aliphatic rings. The second-order valence-corrected chi connectivity index (χ2v) is 7.47. The van der Waals surface area contributed by atoms with Gasteiger partial charge in [-0.3, -0.25) is 4.98 Å². The third-order valence-electron chi connectivity index (χ3n) is 5.20. The first-order valence-electron chi connectivity index (χ1n) is 10.6. The number of urea groups is 1. The third-order valence-corrected chi connectivity index (χ3v) is 5.20. The van der Waals surface area contributed by atoms with Crippen LogP contribution in [0.4, 0.5) is 10.5 Å². The zero-order valence-electron chi connectivity index (χ0n) is 17.4. The first kappa shape index (κ1) is 20.9. The van der Waals surface area contributed by atoms with Gasteiger partial charge in [-0.05, 0) is 55.5 Å². The number of nitrogens with one attached hydrogen (secondary N) is 1. The maximum atomic E-state index is 12.4. The topological polar surface area (TPSA) is 54.5 Å². The van der Waals surface area contributed by atoms with Crippen molar-refractivity contribution in [3.8, 4) is 5.75 Å². The number of pyridine rings is 1. The number of nitrogens with zero attached hydrogens (tertiary/aromatic N) is 2. The van der Waals surface area contributed by atoms with E-state index in [4.69, 9.17) is 4.74 Å². The molecular formula is C24H31N3O2. The maximum absolute atomic E-state index is 12.4. The molecule has 29 heavy (non-hydrogen) atoms. The molecule has 5 nitrogen and oxygen atoms in total. The van der Waals surface area contributed by atoms with Crippen LogP contribution in [0.1, 0.15) is 51.5 Å². The Hall–Kier alpha value is -2.82. The Kier molecular flexibility index (Phi) is 7.68. The molecule has 1 aromatic heterocycles. The number of hydrogen-bond acceptors (Lipinski definition) is 3. The molecule has 1 aliphatic heterocycles. The van der Waals surface area contributed by atoms with Gasteiger partial charge in [-0.1, -0.05) is 44.1 Å². The van der Waals surface area contributed by atoms with Crippen molar-refractivity contribution in [2.24, 2.45) is 0 Å². The minimum Gasteiger partial charge on any atom is -0.490 e. The van der Waals surface area contributed by atoms with E-state index in [2.05, 4.69) is 48.4 Å². The molecule has 0 spiro atoms. The van der Waals surface area contributed by atoms with Crippen molar-refractivity contribution in [1.29, 1.82) is 0 Å². The fourth-order valence-corrected chi connectivity index (χ4v) is 3.55. The summed E-state index contributed by atoms with van der Waals surface area (Å²) in [6.07, 6.45) is 10.9. The smallest absolute Gasteiger partial charge is 0.321 e. The highest BCUT2D eigenvalue weighted by molar-refractivity contribution is 5.89. The van der Waals surface area contributed by atoms with Crippen molar-refractivity contribution < 1.29 is 9.53 Å². The van der Waals surface area contributed by atoms with Gasteiger partial charge in [0.05, 0.1) is 18.0 Å². The molecule has 0 radical (unpaired) electrons. The van der Waals surface area contributed by atoms with Crippen LogP contribution in [0.5, 0.6) is 5.75 Å². The van der Waals surface area contributed by atoms with Gasteiger partial charge in [-0.25, -0.2) is 4.79 Å². The van der Waals surface area contributed by atoms with E-state index in [1.165, 1.54) is 5.57 Å². The van der Waals surface area contributed by atoms with Crippen LogP contribution < -0.4 is 10.1 Å². The average Bonchev–Trinajstić information content (AvgIpc) is 2.75. The molecule has 1 atom stereocenters. The average molecular weight is 394 g/mol. The number of piperidine rings is 1. The quantitative estimate of drug-likeness (QED) is 0.651. The second kappa shape index (κ2) is 10.6. The molecular weight excluding hydrogens is 362 g/mol. The van der Waals surface area contributed by atoms with Gasteiger partial charge >= 0.3 is 6.03 Å². The van der Waals surface area contributed by atoms with Crippen LogP contribution >= 0.6 is 0 Å². The number of carbonyl (C=O) groups is 1. The summed E-state index contributed by atoms with van der Waals surface area (Å²) in [6, 6.07) is 11.9. The van der Waals surface area contributed by atoms with Gasteiger partial charge in [-0.15, -0.1) is 0 Å². The predicted octanol–water partition coefficient (Wildman–Crippen LogP) is 5.75. The lowest BCUT2D eigenvalue weighted by atomic mass is 10.0. The first-order valence-corrected chi connectivity index (χ1v) is 10.6. The van der Waals surface area contributed by atoms with Gasteiger partial charge in [0.25, 0.3) is 0 Å². The molecule has 0 bridgehead atoms. The number of ether oxygens (including phenoxy) is 1. The van der Waals surface area contributed by atoms with Crippen LogP contribution in [0.15, 0.2) is 54.4 Å². The highest BCUT2D eigenvalue weighted by Gasteiger charge is 2.19. The number of rotatable bonds is 7. The summed E-state index contributed by atoms with van der Waals surface area (Å²) >= 11 is 0. The van der Waals surface area contributed by atoms with Crippen LogP contribution in [0.2, 0.25) is 0 Å². The second-order valence-electron chi connectivity index (χ2n) is 7.47. The summed E-state index contributed by atoms with van der Waals surface area (Å²) in [5.41, 5.74) is 3.26. The lowest BCUT2D eigenvalue weighted by Gasteiger charge is -2.28. The van der Waals surface area contributed by atoms with Gasteiger partial charge in [0.2, 0.25) is 0 Å². The van der Waals surface area contributed by atoms with Gasteiger partial charge < -0.3 is 15.0 Å². The van der Waals surface area contributed by atoms with Crippen LogP contribution in [0.3, 0.4) is 0 Å². The Labute approximate surface area is 173 Å².